The normalized spacial score (nSPS) is 22.1. The van der Waals surface area contributed by atoms with Gasteiger partial charge in [-0.25, -0.2) is 9.37 Å². The molecule has 5 rings (SSSR count). The molecule has 2 atom stereocenters. The highest BCUT2D eigenvalue weighted by Gasteiger charge is 2.40. The van der Waals surface area contributed by atoms with E-state index >= 15 is 0 Å². The number of carbonyl (C=O) groups is 2. The number of phenols is 1. The summed E-state index contributed by atoms with van der Waals surface area (Å²) in [6.45, 7) is 3.84. The van der Waals surface area contributed by atoms with Crippen LogP contribution in [0.2, 0.25) is 5.02 Å². The Morgan fingerprint density at radius 2 is 2.11 bits per heavy atom. The van der Waals surface area contributed by atoms with Crippen LogP contribution in [-0.2, 0) is 4.79 Å². The summed E-state index contributed by atoms with van der Waals surface area (Å²) in [5.74, 6) is -1.50. The smallest absolute Gasteiger partial charge is 0.263 e. The average Bonchev–Trinajstić information content (AvgIpc) is 3.19. The van der Waals surface area contributed by atoms with Crippen LogP contribution in [0.5, 0.6) is 17.4 Å². The zero-order valence-electron chi connectivity index (χ0n) is 20.2. The third-order valence-corrected chi connectivity index (χ3v) is 7.55. The van der Waals surface area contributed by atoms with E-state index in [1.165, 1.54) is 25.1 Å². The van der Waals surface area contributed by atoms with Gasteiger partial charge in [0.25, 0.3) is 5.91 Å². The number of pyridine rings is 1. The van der Waals surface area contributed by atoms with E-state index in [1.54, 1.807) is 9.80 Å². The third-order valence-electron chi connectivity index (χ3n) is 7.20. The topological polar surface area (TPSA) is 95.4 Å². The lowest BCUT2D eigenvalue weighted by Gasteiger charge is -2.39. The van der Waals surface area contributed by atoms with Gasteiger partial charge in [-0.1, -0.05) is 17.7 Å². The number of phenolic OH excluding ortho intramolecular Hbond substituents is 1. The van der Waals surface area contributed by atoms with Crippen molar-refractivity contribution in [3.05, 3.63) is 34.6 Å². The number of amides is 2. The molecule has 0 saturated carbocycles. The van der Waals surface area contributed by atoms with Crippen LogP contribution in [0.4, 0.5) is 4.39 Å². The second kappa shape index (κ2) is 9.74. The van der Waals surface area contributed by atoms with Crippen molar-refractivity contribution < 1.29 is 28.6 Å². The molecule has 3 aliphatic heterocycles. The SMILES string of the molecule is CC(=O)N1CCN2C(=O)c3c(OC[C@@H]4CCCN4C)nc(-c4c(O)cccc4F)c(Cl)c3OC[C@H]2C1. The van der Waals surface area contributed by atoms with Crippen LogP contribution in [0, 0.1) is 5.82 Å². The maximum Gasteiger partial charge on any atom is 0.263 e. The van der Waals surface area contributed by atoms with Crippen molar-refractivity contribution in [2.45, 2.75) is 31.8 Å². The van der Waals surface area contributed by atoms with E-state index in [-0.39, 0.29) is 70.3 Å². The van der Waals surface area contributed by atoms with Crippen LogP contribution in [0.15, 0.2) is 18.2 Å². The Kier molecular flexibility index (Phi) is 6.65. The van der Waals surface area contributed by atoms with Gasteiger partial charge in [0.15, 0.2) is 5.75 Å². The number of aromatic hydroxyl groups is 1. The van der Waals surface area contributed by atoms with Crippen molar-refractivity contribution in [3.63, 3.8) is 0 Å². The lowest BCUT2D eigenvalue weighted by Crippen LogP contribution is -2.57. The van der Waals surface area contributed by atoms with Crippen LogP contribution in [0.1, 0.15) is 30.1 Å². The number of benzene rings is 1. The van der Waals surface area contributed by atoms with Crippen molar-refractivity contribution in [2.75, 3.05) is 46.4 Å². The lowest BCUT2D eigenvalue weighted by atomic mass is 10.1. The Labute approximate surface area is 213 Å². The molecule has 11 heteroatoms. The fraction of sp³-hybridized carbons (Fsp3) is 0.480. The van der Waals surface area contributed by atoms with Gasteiger partial charge in [-0.2, -0.15) is 0 Å². The molecule has 0 bridgehead atoms. The quantitative estimate of drug-likeness (QED) is 0.665. The van der Waals surface area contributed by atoms with Crippen molar-refractivity contribution >= 4 is 23.4 Å². The maximum atomic E-state index is 14.8. The molecule has 36 heavy (non-hydrogen) atoms. The first-order valence-corrected chi connectivity index (χ1v) is 12.4. The number of rotatable bonds is 4. The molecular formula is C25H28ClFN4O5. The van der Waals surface area contributed by atoms with E-state index in [9.17, 15) is 19.1 Å². The molecule has 0 spiro atoms. The molecule has 2 saturated heterocycles. The predicted octanol–water partition coefficient (Wildman–Crippen LogP) is 2.79. The number of likely N-dealkylation sites (N-methyl/N-ethyl adjacent to an activating group) is 1. The van der Waals surface area contributed by atoms with Gasteiger partial charge in [0.1, 0.15) is 41.1 Å². The van der Waals surface area contributed by atoms with E-state index in [0.717, 1.165) is 19.4 Å². The Bertz CT molecular complexity index is 1190. The first-order valence-electron chi connectivity index (χ1n) is 12.0. The van der Waals surface area contributed by atoms with Crippen molar-refractivity contribution in [1.29, 1.82) is 0 Å². The lowest BCUT2D eigenvalue weighted by molar-refractivity contribution is -0.131. The average molecular weight is 519 g/mol. The van der Waals surface area contributed by atoms with Crippen LogP contribution in [-0.4, -0.2) is 95.1 Å². The molecule has 1 N–H and O–H groups in total. The number of likely N-dealkylation sites (tertiary alicyclic amines) is 1. The molecule has 0 aliphatic carbocycles. The second-order valence-corrected chi connectivity index (χ2v) is 9.81. The Hall–Kier alpha value is -3.11. The molecular weight excluding hydrogens is 491 g/mol. The van der Waals surface area contributed by atoms with Crippen molar-refractivity contribution in [1.82, 2.24) is 19.7 Å². The van der Waals surface area contributed by atoms with Gasteiger partial charge in [0, 0.05) is 32.6 Å². The number of piperazine rings is 1. The summed E-state index contributed by atoms with van der Waals surface area (Å²) < 4.78 is 27.0. The second-order valence-electron chi connectivity index (χ2n) is 9.43. The highest BCUT2D eigenvalue weighted by atomic mass is 35.5. The summed E-state index contributed by atoms with van der Waals surface area (Å²) in [7, 11) is 2.01. The van der Waals surface area contributed by atoms with Crippen LogP contribution >= 0.6 is 11.6 Å². The van der Waals surface area contributed by atoms with Crippen LogP contribution in [0.25, 0.3) is 11.3 Å². The summed E-state index contributed by atoms with van der Waals surface area (Å²) in [5.41, 5.74) is -0.202. The van der Waals surface area contributed by atoms with Crippen LogP contribution < -0.4 is 9.47 Å². The van der Waals surface area contributed by atoms with Gasteiger partial charge >= 0.3 is 0 Å². The van der Waals surface area contributed by atoms with Crippen molar-refractivity contribution in [3.8, 4) is 28.6 Å². The number of ether oxygens (including phenoxy) is 2. The Balaban J connectivity index is 1.60. The first kappa shape index (κ1) is 24.6. The fourth-order valence-electron chi connectivity index (χ4n) is 5.10. The molecule has 0 radical (unpaired) electrons. The largest absolute Gasteiger partial charge is 0.507 e. The van der Waals surface area contributed by atoms with Gasteiger partial charge in [0.05, 0.1) is 11.6 Å². The maximum absolute atomic E-state index is 14.8. The van der Waals surface area contributed by atoms with E-state index in [1.807, 2.05) is 7.05 Å². The molecule has 192 valence electrons. The zero-order valence-corrected chi connectivity index (χ0v) is 20.9. The van der Waals surface area contributed by atoms with Gasteiger partial charge in [-0.15, -0.1) is 0 Å². The standard InChI is InChI=1S/C25H28ClFN4O5/c1-14(32)30-9-10-31-16(11-30)13-35-23-20(25(31)34)24(36-12-15-5-4-8-29(15)2)28-22(21(23)26)19-17(27)6-3-7-18(19)33/h3,6-7,15-16,33H,4-5,8-13H2,1-2H3/t15-,16+/m0/s1. The van der Waals surface area contributed by atoms with Gasteiger partial charge < -0.3 is 29.3 Å². The first-order chi connectivity index (χ1) is 17.3. The molecule has 2 aromatic rings. The summed E-state index contributed by atoms with van der Waals surface area (Å²) in [6, 6.07) is 3.64. The Morgan fingerprint density at radius 3 is 2.81 bits per heavy atom. The minimum Gasteiger partial charge on any atom is -0.507 e. The molecule has 9 nitrogen and oxygen atoms in total. The number of hydrogen-bond donors (Lipinski definition) is 1. The summed E-state index contributed by atoms with van der Waals surface area (Å²) in [4.78, 5) is 35.7. The highest BCUT2D eigenvalue weighted by Crippen LogP contribution is 2.45. The number of fused-ring (bicyclic) bond motifs is 2. The van der Waals surface area contributed by atoms with Gasteiger partial charge in [-0.3, -0.25) is 9.59 Å². The number of hydrogen-bond acceptors (Lipinski definition) is 7. The predicted molar refractivity (Wildman–Crippen MR) is 130 cm³/mol. The zero-order chi connectivity index (χ0) is 25.6. The van der Waals surface area contributed by atoms with E-state index < -0.39 is 11.9 Å². The summed E-state index contributed by atoms with van der Waals surface area (Å²) >= 11 is 6.68. The summed E-state index contributed by atoms with van der Waals surface area (Å²) in [5, 5.41) is 10.3. The monoisotopic (exact) mass is 518 g/mol. The molecule has 4 heterocycles. The fourth-order valence-corrected chi connectivity index (χ4v) is 5.39. The molecule has 2 amide bonds. The Morgan fingerprint density at radius 1 is 1.31 bits per heavy atom. The summed E-state index contributed by atoms with van der Waals surface area (Å²) in [6.07, 6.45) is 1.97. The molecule has 3 aliphatic rings. The van der Waals surface area contributed by atoms with Crippen molar-refractivity contribution in [2.24, 2.45) is 0 Å². The number of carbonyl (C=O) groups excluding carboxylic acids is 2. The minimum atomic E-state index is -0.722. The molecule has 0 unspecified atom stereocenters. The highest BCUT2D eigenvalue weighted by molar-refractivity contribution is 6.35. The van der Waals surface area contributed by atoms with Crippen LogP contribution in [0.3, 0.4) is 0 Å². The molecule has 1 aromatic carbocycles. The molecule has 2 fully saturated rings. The van der Waals surface area contributed by atoms with E-state index in [4.69, 9.17) is 21.1 Å². The van der Waals surface area contributed by atoms with E-state index in [0.29, 0.717) is 19.6 Å². The third kappa shape index (κ3) is 4.32. The van der Waals surface area contributed by atoms with Gasteiger partial charge in [0.2, 0.25) is 11.8 Å². The van der Waals surface area contributed by atoms with Gasteiger partial charge in [-0.05, 0) is 38.6 Å². The number of nitrogens with zero attached hydrogens (tertiary/aromatic N) is 4. The molecule has 1 aromatic heterocycles. The minimum absolute atomic E-state index is 0.0213. The van der Waals surface area contributed by atoms with E-state index in [2.05, 4.69) is 9.88 Å². The number of aromatic nitrogens is 1. The number of halogens is 2.